The van der Waals surface area contributed by atoms with Crippen LogP contribution in [0.3, 0.4) is 0 Å². The van der Waals surface area contributed by atoms with E-state index >= 15 is 0 Å². The van der Waals surface area contributed by atoms with Crippen LogP contribution in [0.25, 0.3) is 0 Å². The van der Waals surface area contributed by atoms with Crippen LogP contribution in [0.1, 0.15) is 24.5 Å². The summed E-state index contributed by atoms with van der Waals surface area (Å²) in [6.07, 6.45) is -3.53. The lowest BCUT2D eigenvalue weighted by molar-refractivity contribution is -0.137. The molecule has 0 aliphatic heterocycles. The quantitative estimate of drug-likeness (QED) is 0.720. The molecule has 0 saturated carbocycles. The fraction of sp³-hybridized carbons (Fsp3) is 0.538. The molecule has 120 valence electrons. The van der Waals surface area contributed by atoms with E-state index in [-0.39, 0.29) is 17.9 Å². The van der Waals surface area contributed by atoms with Crippen LogP contribution in [-0.4, -0.2) is 27.3 Å². The summed E-state index contributed by atoms with van der Waals surface area (Å²) in [7, 11) is -3.50. The highest BCUT2D eigenvalue weighted by Crippen LogP contribution is 2.29. The Bertz CT molecular complexity index is 545. The molecule has 4 nitrogen and oxygen atoms in total. The topological polar surface area (TPSA) is 58.2 Å². The smallest absolute Gasteiger partial charge is 0.316 e. The number of hydrogen-bond acceptors (Lipinski definition) is 3. The Kier molecular flexibility index (Phi) is 6.63. The van der Waals surface area contributed by atoms with Crippen LogP contribution in [0, 0.1) is 0 Å². The van der Waals surface area contributed by atoms with Crippen LogP contribution >= 0.6 is 0 Å². The molecule has 0 amide bonds. The maximum absolute atomic E-state index is 12.5. The van der Waals surface area contributed by atoms with E-state index in [4.69, 9.17) is 0 Å². The van der Waals surface area contributed by atoms with E-state index in [1.54, 1.807) is 0 Å². The third-order valence-corrected chi connectivity index (χ3v) is 4.05. The lowest BCUT2D eigenvalue weighted by atomic mass is 10.1. The second-order valence-electron chi connectivity index (χ2n) is 4.59. The number of alkyl halides is 3. The fourth-order valence-corrected chi connectivity index (χ4v) is 2.58. The van der Waals surface area contributed by atoms with Crippen molar-refractivity contribution in [1.82, 2.24) is 10.0 Å². The minimum Gasteiger partial charge on any atom is -0.316 e. The van der Waals surface area contributed by atoms with Gasteiger partial charge in [-0.2, -0.15) is 13.2 Å². The lowest BCUT2D eigenvalue weighted by Gasteiger charge is -2.10. The summed E-state index contributed by atoms with van der Waals surface area (Å²) in [4.78, 5) is 0. The van der Waals surface area contributed by atoms with Crippen molar-refractivity contribution in [2.75, 3.05) is 18.8 Å². The highest BCUT2D eigenvalue weighted by Gasteiger charge is 2.30. The average Bonchev–Trinajstić information content (AvgIpc) is 2.41. The zero-order valence-corrected chi connectivity index (χ0v) is 12.5. The van der Waals surface area contributed by atoms with Crippen LogP contribution in [-0.2, 0) is 22.7 Å². The predicted molar refractivity (Wildman–Crippen MR) is 75.2 cm³/mol. The molecule has 0 heterocycles. The first-order valence-corrected chi connectivity index (χ1v) is 8.24. The molecule has 0 saturated heterocycles. The summed E-state index contributed by atoms with van der Waals surface area (Å²) in [5, 5.41) is 2.95. The van der Waals surface area contributed by atoms with Crippen molar-refractivity contribution in [2.24, 2.45) is 0 Å². The molecule has 1 aromatic carbocycles. The van der Waals surface area contributed by atoms with Gasteiger partial charge in [0, 0.05) is 13.1 Å². The van der Waals surface area contributed by atoms with Gasteiger partial charge >= 0.3 is 6.18 Å². The molecule has 1 aromatic rings. The number of rotatable bonds is 8. The monoisotopic (exact) mass is 324 g/mol. The van der Waals surface area contributed by atoms with E-state index < -0.39 is 21.8 Å². The van der Waals surface area contributed by atoms with Crippen molar-refractivity contribution >= 4 is 10.0 Å². The number of nitrogens with one attached hydrogen (secondary N) is 2. The van der Waals surface area contributed by atoms with Crippen LogP contribution in [0.5, 0.6) is 0 Å². The molecule has 1 rings (SSSR count). The van der Waals surface area contributed by atoms with Crippen molar-refractivity contribution < 1.29 is 21.6 Å². The lowest BCUT2D eigenvalue weighted by Crippen LogP contribution is -2.31. The zero-order valence-electron chi connectivity index (χ0n) is 11.7. The summed E-state index contributed by atoms with van der Waals surface area (Å²) < 4.78 is 63.2. The molecule has 0 radical (unpaired) electrons. The van der Waals surface area contributed by atoms with Crippen LogP contribution in [0.15, 0.2) is 24.3 Å². The summed E-state index contributed by atoms with van der Waals surface area (Å²) >= 11 is 0. The van der Waals surface area contributed by atoms with Gasteiger partial charge in [-0.25, -0.2) is 13.1 Å². The first-order chi connectivity index (χ1) is 9.74. The van der Waals surface area contributed by atoms with Gasteiger partial charge in [-0.15, -0.1) is 0 Å². The number of benzene rings is 1. The Balaban J connectivity index is 2.54. The predicted octanol–water partition coefficient (Wildman–Crippen LogP) is 2.12. The molecule has 0 aliphatic carbocycles. The van der Waals surface area contributed by atoms with Crippen molar-refractivity contribution in [3.8, 4) is 0 Å². The van der Waals surface area contributed by atoms with Crippen molar-refractivity contribution in [1.29, 1.82) is 0 Å². The number of halogens is 3. The Morgan fingerprint density at radius 1 is 1.19 bits per heavy atom. The number of hydrogen-bond donors (Lipinski definition) is 2. The molecule has 0 bridgehead atoms. The van der Waals surface area contributed by atoms with Gasteiger partial charge in [0.05, 0.1) is 11.3 Å². The van der Waals surface area contributed by atoms with E-state index in [1.807, 2.05) is 6.92 Å². The Hall–Kier alpha value is -1.12. The normalized spacial score (nSPS) is 12.6. The highest BCUT2D eigenvalue weighted by molar-refractivity contribution is 7.89. The van der Waals surface area contributed by atoms with Gasteiger partial charge in [-0.1, -0.05) is 25.1 Å². The second kappa shape index (κ2) is 7.77. The first-order valence-electron chi connectivity index (χ1n) is 6.59. The summed E-state index contributed by atoms with van der Waals surface area (Å²) in [6, 6.07) is 4.60. The SMILES string of the molecule is CCCNCCS(=O)(=O)NCc1cccc(C(F)(F)F)c1. The molecule has 0 atom stereocenters. The summed E-state index contributed by atoms with van der Waals surface area (Å²) in [5.74, 6) is -0.105. The second-order valence-corrected chi connectivity index (χ2v) is 6.51. The zero-order chi connectivity index (χ0) is 15.9. The van der Waals surface area contributed by atoms with E-state index in [1.165, 1.54) is 12.1 Å². The molecule has 0 unspecified atom stereocenters. The Labute approximate surface area is 122 Å². The van der Waals surface area contributed by atoms with E-state index in [0.717, 1.165) is 25.1 Å². The Morgan fingerprint density at radius 2 is 1.90 bits per heavy atom. The molecule has 2 N–H and O–H groups in total. The minimum absolute atomic E-state index is 0.105. The molecule has 0 aromatic heterocycles. The van der Waals surface area contributed by atoms with Gasteiger partial charge in [-0.05, 0) is 24.6 Å². The van der Waals surface area contributed by atoms with Gasteiger partial charge in [0.25, 0.3) is 0 Å². The van der Waals surface area contributed by atoms with Crippen LogP contribution < -0.4 is 10.0 Å². The Morgan fingerprint density at radius 3 is 2.52 bits per heavy atom. The van der Waals surface area contributed by atoms with E-state index in [9.17, 15) is 21.6 Å². The van der Waals surface area contributed by atoms with Gasteiger partial charge in [0.15, 0.2) is 0 Å². The number of sulfonamides is 1. The third kappa shape index (κ3) is 6.92. The molecule has 0 spiro atoms. The summed E-state index contributed by atoms with van der Waals surface area (Å²) in [5.41, 5.74) is -0.515. The standard InChI is InChI=1S/C13H19F3N2O2S/c1-2-6-17-7-8-21(19,20)18-10-11-4-3-5-12(9-11)13(14,15)16/h3-5,9,17-18H,2,6-8,10H2,1H3. The largest absolute Gasteiger partial charge is 0.416 e. The van der Waals surface area contributed by atoms with Gasteiger partial charge in [0.1, 0.15) is 0 Å². The van der Waals surface area contributed by atoms with Gasteiger partial charge in [-0.3, -0.25) is 0 Å². The van der Waals surface area contributed by atoms with Gasteiger partial charge in [0.2, 0.25) is 10.0 Å². The molecule has 21 heavy (non-hydrogen) atoms. The van der Waals surface area contributed by atoms with Crippen molar-refractivity contribution in [3.05, 3.63) is 35.4 Å². The molecule has 8 heteroatoms. The third-order valence-electron chi connectivity index (χ3n) is 2.72. The minimum atomic E-state index is -4.43. The maximum Gasteiger partial charge on any atom is 0.416 e. The molecule has 0 fully saturated rings. The fourth-order valence-electron chi connectivity index (χ4n) is 1.63. The van der Waals surface area contributed by atoms with Gasteiger partial charge < -0.3 is 5.32 Å². The van der Waals surface area contributed by atoms with Crippen molar-refractivity contribution in [3.63, 3.8) is 0 Å². The van der Waals surface area contributed by atoms with Crippen LogP contribution in [0.2, 0.25) is 0 Å². The molecular formula is C13H19F3N2O2S. The first kappa shape index (κ1) is 17.9. The molecular weight excluding hydrogens is 305 g/mol. The summed E-state index contributed by atoms with van der Waals surface area (Å²) in [6.45, 7) is 2.85. The van der Waals surface area contributed by atoms with Crippen molar-refractivity contribution in [2.45, 2.75) is 26.1 Å². The van der Waals surface area contributed by atoms with E-state index in [0.29, 0.717) is 6.54 Å². The van der Waals surface area contributed by atoms with E-state index in [2.05, 4.69) is 10.0 Å². The van der Waals surface area contributed by atoms with Crippen LogP contribution in [0.4, 0.5) is 13.2 Å². The highest BCUT2D eigenvalue weighted by atomic mass is 32.2. The maximum atomic E-state index is 12.5. The average molecular weight is 324 g/mol. The molecule has 0 aliphatic rings.